The van der Waals surface area contributed by atoms with Crippen LogP contribution in [0.2, 0.25) is 0 Å². The number of nitrogens with zero attached hydrogens (tertiary/aromatic N) is 3. The largest absolute Gasteiger partial charge is 0.744 e. The summed E-state index contributed by atoms with van der Waals surface area (Å²) in [5.74, 6) is -0.248. The minimum Gasteiger partial charge on any atom is -0.744 e. The molecule has 212 valence electrons. The highest BCUT2D eigenvalue weighted by Crippen LogP contribution is 2.37. The number of rotatable bonds is 4. The Bertz CT molecular complexity index is 2240. The van der Waals surface area contributed by atoms with Crippen molar-refractivity contribution in [2.45, 2.75) is 39.1 Å². The number of ether oxygens (including phenoxy) is 1. The maximum Gasteiger partial charge on any atom is 0.348 e. The van der Waals surface area contributed by atoms with Crippen molar-refractivity contribution in [2.75, 3.05) is 6.61 Å². The molecule has 0 fully saturated rings. The Hall–Kier alpha value is -4.60. The van der Waals surface area contributed by atoms with Gasteiger partial charge in [0, 0.05) is 16.8 Å². The van der Waals surface area contributed by atoms with Gasteiger partial charge in [0.05, 0.1) is 11.5 Å². The lowest BCUT2D eigenvalue weighted by Crippen LogP contribution is -2.38. The zero-order chi connectivity index (χ0) is 29.8. The molecule has 0 bridgehead atoms. The number of hydrogen-bond donors (Lipinski definition) is 0. The second-order valence-corrected chi connectivity index (χ2v) is 11.8. The second-order valence-electron chi connectivity index (χ2n) is 10.4. The van der Waals surface area contributed by atoms with Crippen molar-refractivity contribution < 1.29 is 27.1 Å². The molecule has 0 aliphatic carbocycles. The van der Waals surface area contributed by atoms with Gasteiger partial charge in [-0.1, -0.05) is 75.8 Å². The number of aromatic nitrogens is 3. The van der Waals surface area contributed by atoms with Crippen LogP contribution in [0.4, 0.5) is 0 Å². The summed E-state index contributed by atoms with van der Waals surface area (Å²) in [5, 5.41) is 10.9. The standard InChI is InChI=1S/C24H18N3O2.C9H12O3S/c1-2-29-22(28)14-26-19-11-3-4-12-20(19)27-21(26)13-18-16-9-5-7-15-8-6-10-17(23(15)16)24(18)25-27;1-6-4-7(2)9(8(3)5-6)13(10,11)12/h3-13H,2,14H2,1H3;4-5H,1-3H3,(H,10,11,12)/q+1;/p-1. The summed E-state index contributed by atoms with van der Waals surface area (Å²) in [7, 11) is -4.33. The average molecular weight is 580 g/mol. The van der Waals surface area contributed by atoms with Crippen LogP contribution in [0.5, 0.6) is 0 Å². The van der Waals surface area contributed by atoms with Gasteiger partial charge in [-0.25, -0.2) is 17.8 Å². The quantitative estimate of drug-likeness (QED) is 0.149. The Balaban J connectivity index is 0.000000206. The molecule has 0 unspecified atom stereocenters. The second kappa shape index (κ2) is 10.3. The number of benzene rings is 4. The lowest BCUT2D eigenvalue weighted by atomic mass is 10.1. The summed E-state index contributed by atoms with van der Waals surface area (Å²) in [6.45, 7) is 7.47. The molecule has 42 heavy (non-hydrogen) atoms. The molecule has 0 aliphatic heterocycles. The van der Waals surface area contributed by atoms with E-state index >= 15 is 0 Å². The fourth-order valence-electron chi connectivity index (χ4n) is 6.06. The number of esters is 1. The maximum absolute atomic E-state index is 12.3. The van der Waals surface area contributed by atoms with E-state index in [1.54, 1.807) is 26.0 Å². The van der Waals surface area contributed by atoms with E-state index < -0.39 is 10.1 Å². The van der Waals surface area contributed by atoms with Crippen molar-refractivity contribution in [3.63, 3.8) is 0 Å². The van der Waals surface area contributed by atoms with Crippen LogP contribution in [0.3, 0.4) is 0 Å². The first-order valence-corrected chi connectivity index (χ1v) is 15.1. The van der Waals surface area contributed by atoms with Crippen LogP contribution in [0, 0.1) is 20.8 Å². The summed E-state index contributed by atoms with van der Waals surface area (Å²) < 4.78 is 41.6. The monoisotopic (exact) mass is 579 g/mol. The minimum absolute atomic E-state index is 0.0851. The van der Waals surface area contributed by atoms with Crippen LogP contribution in [-0.2, 0) is 26.2 Å². The van der Waals surface area contributed by atoms with E-state index in [-0.39, 0.29) is 17.4 Å². The van der Waals surface area contributed by atoms with Crippen molar-refractivity contribution in [1.82, 2.24) is 9.61 Å². The number of imidazole rings is 1. The number of para-hydroxylation sites is 2. The minimum atomic E-state index is -4.33. The van der Waals surface area contributed by atoms with Gasteiger partial charge in [-0.3, -0.25) is 0 Å². The van der Waals surface area contributed by atoms with E-state index in [2.05, 4.69) is 42.5 Å². The van der Waals surface area contributed by atoms with Gasteiger partial charge in [0.2, 0.25) is 5.52 Å². The predicted molar refractivity (Wildman–Crippen MR) is 162 cm³/mol. The normalized spacial score (nSPS) is 11.9. The molecule has 7 aromatic rings. The number of fused-ring (bicyclic) bond motifs is 6. The average Bonchev–Trinajstić information content (AvgIpc) is 3.41. The van der Waals surface area contributed by atoms with Crippen LogP contribution in [0.25, 0.3) is 49.1 Å². The first-order chi connectivity index (χ1) is 20.1. The van der Waals surface area contributed by atoms with Gasteiger partial charge in [-0.05, 0) is 67.1 Å². The van der Waals surface area contributed by atoms with Crippen LogP contribution >= 0.6 is 0 Å². The molecule has 0 radical (unpaired) electrons. The van der Waals surface area contributed by atoms with Crippen LogP contribution in [0.1, 0.15) is 23.6 Å². The van der Waals surface area contributed by atoms with Crippen molar-refractivity contribution in [3.05, 3.63) is 95.6 Å². The van der Waals surface area contributed by atoms with E-state index in [1.807, 2.05) is 47.2 Å². The third-order valence-corrected chi connectivity index (χ3v) is 8.66. The van der Waals surface area contributed by atoms with Gasteiger partial charge in [-0.15, -0.1) is 0 Å². The Morgan fingerprint density at radius 1 is 0.905 bits per heavy atom. The number of hydrogen-bond acceptors (Lipinski definition) is 6. The Labute approximate surface area is 242 Å². The molecule has 2 aromatic heterocycles. The fourth-order valence-corrected chi connectivity index (χ4v) is 6.96. The van der Waals surface area contributed by atoms with Crippen LogP contribution in [0.15, 0.2) is 83.8 Å². The summed E-state index contributed by atoms with van der Waals surface area (Å²) >= 11 is 0. The smallest absolute Gasteiger partial charge is 0.348 e. The van der Waals surface area contributed by atoms with Crippen molar-refractivity contribution in [1.29, 1.82) is 0 Å². The molecule has 7 rings (SSSR count). The summed E-state index contributed by atoms with van der Waals surface area (Å²) in [5.41, 5.74) is 5.79. The predicted octanol–water partition coefficient (Wildman–Crippen LogP) is 5.75. The van der Waals surface area contributed by atoms with Crippen molar-refractivity contribution in [3.8, 4) is 0 Å². The third-order valence-electron chi connectivity index (χ3n) is 7.52. The molecule has 0 atom stereocenters. The molecular formula is C33H29N3O5S. The summed E-state index contributed by atoms with van der Waals surface area (Å²) in [6, 6.07) is 26.3. The van der Waals surface area contributed by atoms with E-state index in [1.165, 1.54) is 16.2 Å². The molecule has 9 heteroatoms. The molecule has 5 aromatic carbocycles. The number of carbonyl (C=O) groups is 1. The molecule has 2 heterocycles. The highest BCUT2D eigenvalue weighted by atomic mass is 32.2. The zero-order valence-corrected chi connectivity index (χ0v) is 24.5. The van der Waals surface area contributed by atoms with Crippen molar-refractivity contribution in [2.24, 2.45) is 0 Å². The van der Waals surface area contributed by atoms with Gasteiger partial charge in [-0.2, -0.15) is 0 Å². The highest BCUT2D eigenvalue weighted by Gasteiger charge is 2.25. The number of carbonyl (C=O) groups excluding carboxylic acids is 1. The molecule has 0 N–H and O–H groups in total. The Kier molecular flexibility index (Phi) is 6.79. The van der Waals surface area contributed by atoms with E-state index in [0.29, 0.717) is 17.7 Å². The Morgan fingerprint density at radius 2 is 1.57 bits per heavy atom. The first-order valence-electron chi connectivity index (χ1n) is 13.6. The van der Waals surface area contributed by atoms with E-state index in [0.717, 1.165) is 38.5 Å². The van der Waals surface area contributed by atoms with Gasteiger partial charge in [0.15, 0.2) is 12.1 Å². The van der Waals surface area contributed by atoms with Crippen molar-refractivity contribution >= 4 is 65.2 Å². The third kappa shape index (κ3) is 4.60. The summed E-state index contributed by atoms with van der Waals surface area (Å²) in [6.07, 6.45) is 0. The van der Waals surface area contributed by atoms with Gasteiger partial charge in [0.1, 0.15) is 15.6 Å². The van der Waals surface area contributed by atoms with Crippen LogP contribution in [-0.4, -0.2) is 35.2 Å². The molecule has 0 aliphatic rings. The molecule has 0 saturated carbocycles. The van der Waals surface area contributed by atoms with Crippen LogP contribution < -0.4 is 4.57 Å². The lowest BCUT2D eigenvalue weighted by Gasteiger charge is -2.14. The van der Waals surface area contributed by atoms with Gasteiger partial charge >= 0.3 is 11.6 Å². The molecular weight excluding hydrogens is 550 g/mol. The lowest BCUT2D eigenvalue weighted by molar-refractivity contribution is -0.634. The molecule has 8 nitrogen and oxygen atoms in total. The zero-order valence-electron chi connectivity index (χ0n) is 23.7. The SMILES string of the molecule is CCOC(=O)C[n+]1c2ccccc2n2nc3c(cc21)c1cccc2cccc3c21.Cc1cc(C)c(S(=O)(=O)[O-])c(C)c1. The fraction of sp³-hybridized carbons (Fsp3) is 0.182. The molecule has 0 amide bonds. The van der Waals surface area contributed by atoms with E-state index in [9.17, 15) is 17.8 Å². The number of aryl methyl sites for hydroxylation is 3. The highest BCUT2D eigenvalue weighted by molar-refractivity contribution is 7.85. The maximum atomic E-state index is 12.3. The molecule has 0 spiro atoms. The summed E-state index contributed by atoms with van der Waals surface area (Å²) in [4.78, 5) is 12.2. The topological polar surface area (TPSA) is 105 Å². The first kappa shape index (κ1) is 27.6. The van der Waals surface area contributed by atoms with Gasteiger partial charge in [0.25, 0.3) is 0 Å². The van der Waals surface area contributed by atoms with E-state index in [4.69, 9.17) is 9.84 Å². The van der Waals surface area contributed by atoms with Gasteiger partial charge < -0.3 is 9.29 Å². The molecule has 0 saturated heterocycles. The Morgan fingerprint density at radius 3 is 2.24 bits per heavy atom.